The summed E-state index contributed by atoms with van der Waals surface area (Å²) < 4.78 is 47.6. The van der Waals surface area contributed by atoms with Crippen molar-refractivity contribution in [3.8, 4) is 11.5 Å². The highest BCUT2D eigenvalue weighted by Crippen LogP contribution is 2.35. The zero-order chi connectivity index (χ0) is 21.2. The number of ether oxygens (including phenoxy) is 2. The van der Waals surface area contributed by atoms with Crippen LogP contribution in [0.1, 0.15) is 24.5 Å². The number of benzene rings is 2. The van der Waals surface area contributed by atoms with E-state index in [-0.39, 0.29) is 24.5 Å². The van der Waals surface area contributed by atoms with E-state index < -0.39 is 29.9 Å². The molecule has 2 aromatic carbocycles. The SMILES string of the molecule is CC[C@]1(c2ccc(F)cc2)NC(=O)N(Cc2ccc(OC(F)F)c(OC)c2)C1=O. The van der Waals surface area contributed by atoms with Crippen LogP contribution in [0.15, 0.2) is 42.5 Å². The molecule has 1 atom stereocenters. The summed E-state index contributed by atoms with van der Waals surface area (Å²) in [6.45, 7) is -1.37. The Hall–Kier alpha value is -3.23. The second kappa shape index (κ2) is 8.02. The molecule has 0 saturated carbocycles. The van der Waals surface area contributed by atoms with Gasteiger partial charge in [0, 0.05) is 0 Å². The largest absolute Gasteiger partial charge is 0.493 e. The molecule has 2 aromatic rings. The Kier molecular flexibility index (Phi) is 5.67. The van der Waals surface area contributed by atoms with Crippen LogP contribution < -0.4 is 14.8 Å². The second-order valence-corrected chi connectivity index (χ2v) is 6.45. The van der Waals surface area contributed by atoms with E-state index in [1.165, 1.54) is 49.6 Å². The minimum absolute atomic E-state index is 0.0511. The zero-order valence-electron chi connectivity index (χ0n) is 15.7. The van der Waals surface area contributed by atoms with Gasteiger partial charge in [0.15, 0.2) is 11.5 Å². The number of urea groups is 1. The number of carbonyl (C=O) groups is 2. The van der Waals surface area contributed by atoms with Crippen LogP contribution in [-0.4, -0.2) is 30.6 Å². The number of hydrogen-bond acceptors (Lipinski definition) is 4. The van der Waals surface area contributed by atoms with Crippen molar-refractivity contribution in [3.63, 3.8) is 0 Å². The van der Waals surface area contributed by atoms with Crippen molar-refractivity contribution in [1.29, 1.82) is 0 Å². The van der Waals surface area contributed by atoms with Gasteiger partial charge in [0.1, 0.15) is 11.4 Å². The third kappa shape index (κ3) is 3.85. The standard InChI is InChI=1S/C20H19F3N2O4/c1-3-20(13-5-7-14(21)8-6-13)17(26)25(19(27)24-20)11-12-4-9-15(29-18(22)23)16(10-12)28-2/h4-10,18H,3,11H2,1-2H3,(H,24,27)/t20-/m1/s1. The molecule has 0 aliphatic carbocycles. The number of imide groups is 1. The molecule has 29 heavy (non-hydrogen) atoms. The maximum atomic E-state index is 13.3. The van der Waals surface area contributed by atoms with Crippen molar-refractivity contribution in [2.24, 2.45) is 0 Å². The summed E-state index contributed by atoms with van der Waals surface area (Å²) in [7, 11) is 1.29. The number of hydrogen-bond donors (Lipinski definition) is 1. The number of alkyl halides is 2. The smallest absolute Gasteiger partial charge is 0.387 e. The highest BCUT2D eigenvalue weighted by molar-refractivity contribution is 6.07. The zero-order valence-corrected chi connectivity index (χ0v) is 15.7. The molecule has 1 aliphatic heterocycles. The molecule has 0 radical (unpaired) electrons. The van der Waals surface area contributed by atoms with Gasteiger partial charge in [0.05, 0.1) is 13.7 Å². The summed E-state index contributed by atoms with van der Waals surface area (Å²) in [5.74, 6) is -1.04. The molecule has 1 N–H and O–H groups in total. The first-order valence-electron chi connectivity index (χ1n) is 8.82. The van der Waals surface area contributed by atoms with Crippen molar-refractivity contribution in [1.82, 2.24) is 10.2 Å². The number of amides is 3. The van der Waals surface area contributed by atoms with Gasteiger partial charge >= 0.3 is 12.6 Å². The molecule has 0 aromatic heterocycles. The van der Waals surface area contributed by atoms with Crippen molar-refractivity contribution in [3.05, 3.63) is 59.4 Å². The van der Waals surface area contributed by atoms with Crippen LogP contribution in [0.3, 0.4) is 0 Å². The summed E-state index contributed by atoms with van der Waals surface area (Å²) in [5, 5.41) is 2.70. The molecule has 9 heteroatoms. The topological polar surface area (TPSA) is 67.9 Å². The van der Waals surface area contributed by atoms with E-state index in [4.69, 9.17) is 4.74 Å². The third-order valence-corrected chi connectivity index (χ3v) is 4.83. The van der Waals surface area contributed by atoms with Gasteiger partial charge in [-0.3, -0.25) is 9.69 Å². The van der Waals surface area contributed by atoms with Crippen molar-refractivity contribution < 1.29 is 32.2 Å². The Morgan fingerprint density at radius 1 is 1.10 bits per heavy atom. The Morgan fingerprint density at radius 2 is 1.79 bits per heavy atom. The minimum atomic E-state index is -3.01. The third-order valence-electron chi connectivity index (χ3n) is 4.83. The summed E-state index contributed by atoms with van der Waals surface area (Å²) in [6, 6.07) is 8.93. The number of nitrogens with zero attached hydrogens (tertiary/aromatic N) is 1. The average molecular weight is 408 g/mol. The van der Waals surface area contributed by atoms with Crippen molar-refractivity contribution >= 4 is 11.9 Å². The van der Waals surface area contributed by atoms with Gasteiger partial charge in [0.2, 0.25) is 0 Å². The summed E-state index contributed by atoms with van der Waals surface area (Å²) in [5.41, 5.74) is -0.341. The molecule has 1 heterocycles. The minimum Gasteiger partial charge on any atom is -0.493 e. The molecule has 6 nitrogen and oxygen atoms in total. The number of rotatable bonds is 7. The number of halogens is 3. The van der Waals surface area contributed by atoms with Gasteiger partial charge in [-0.25, -0.2) is 9.18 Å². The van der Waals surface area contributed by atoms with Crippen LogP contribution in [0.5, 0.6) is 11.5 Å². The maximum Gasteiger partial charge on any atom is 0.387 e. The Bertz CT molecular complexity index is 920. The van der Waals surface area contributed by atoms with E-state index in [0.717, 1.165) is 4.90 Å². The summed E-state index contributed by atoms with van der Waals surface area (Å²) in [4.78, 5) is 26.7. The van der Waals surface area contributed by atoms with Crippen LogP contribution in [0.2, 0.25) is 0 Å². The summed E-state index contributed by atoms with van der Waals surface area (Å²) >= 11 is 0. The number of methoxy groups -OCH3 is 1. The molecule has 1 fully saturated rings. The quantitative estimate of drug-likeness (QED) is 0.708. The molecule has 0 bridgehead atoms. The highest BCUT2D eigenvalue weighted by atomic mass is 19.3. The molecular weight excluding hydrogens is 389 g/mol. The van der Waals surface area contributed by atoms with E-state index in [1.54, 1.807) is 6.92 Å². The molecular formula is C20H19F3N2O4. The van der Waals surface area contributed by atoms with Crippen LogP contribution in [0, 0.1) is 5.82 Å². The average Bonchev–Trinajstić information content (AvgIpc) is 2.94. The number of nitrogens with one attached hydrogen (secondary N) is 1. The predicted octanol–water partition coefficient (Wildman–Crippen LogP) is 3.79. The monoisotopic (exact) mass is 408 g/mol. The lowest BCUT2D eigenvalue weighted by Gasteiger charge is -2.25. The second-order valence-electron chi connectivity index (χ2n) is 6.45. The fourth-order valence-corrected chi connectivity index (χ4v) is 3.33. The van der Waals surface area contributed by atoms with Gasteiger partial charge in [-0.1, -0.05) is 25.1 Å². The lowest BCUT2D eigenvalue weighted by Crippen LogP contribution is -2.43. The van der Waals surface area contributed by atoms with Crippen LogP contribution in [0.4, 0.5) is 18.0 Å². The fourth-order valence-electron chi connectivity index (χ4n) is 3.33. The molecule has 0 spiro atoms. The Balaban J connectivity index is 1.87. The lowest BCUT2D eigenvalue weighted by atomic mass is 9.87. The predicted molar refractivity (Wildman–Crippen MR) is 97.1 cm³/mol. The fraction of sp³-hybridized carbons (Fsp3) is 0.300. The molecule has 154 valence electrons. The van der Waals surface area contributed by atoms with E-state index in [2.05, 4.69) is 10.1 Å². The molecule has 1 aliphatic rings. The first-order valence-corrected chi connectivity index (χ1v) is 8.82. The lowest BCUT2D eigenvalue weighted by molar-refractivity contribution is -0.132. The first kappa shape index (κ1) is 20.5. The van der Waals surface area contributed by atoms with Crippen LogP contribution in [0.25, 0.3) is 0 Å². The molecule has 0 unspecified atom stereocenters. The van der Waals surface area contributed by atoms with Gasteiger partial charge in [0.25, 0.3) is 5.91 Å². The van der Waals surface area contributed by atoms with Crippen molar-refractivity contribution in [2.75, 3.05) is 7.11 Å². The van der Waals surface area contributed by atoms with Gasteiger partial charge in [-0.15, -0.1) is 0 Å². The van der Waals surface area contributed by atoms with Gasteiger partial charge in [-0.2, -0.15) is 8.78 Å². The molecule has 3 rings (SSSR count). The first-order chi connectivity index (χ1) is 13.8. The number of carbonyl (C=O) groups excluding carboxylic acids is 2. The molecule has 1 saturated heterocycles. The van der Waals surface area contributed by atoms with Crippen LogP contribution >= 0.6 is 0 Å². The molecule has 3 amide bonds. The Morgan fingerprint density at radius 3 is 2.38 bits per heavy atom. The van der Waals surface area contributed by atoms with E-state index in [9.17, 15) is 22.8 Å². The maximum absolute atomic E-state index is 13.3. The van der Waals surface area contributed by atoms with E-state index in [0.29, 0.717) is 11.1 Å². The van der Waals surface area contributed by atoms with Gasteiger partial charge in [-0.05, 0) is 41.8 Å². The van der Waals surface area contributed by atoms with E-state index >= 15 is 0 Å². The summed E-state index contributed by atoms with van der Waals surface area (Å²) in [6.07, 6.45) is 0.268. The van der Waals surface area contributed by atoms with Gasteiger partial charge < -0.3 is 14.8 Å². The van der Waals surface area contributed by atoms with Crippen LogP contribution in [-0.2, 0) is 16.9 Å². The Labute approximate surface area is 165 Å². The normalized spacial score (nSPS) is 18.9. The highest BCUT2D eigenvalue weighted by Gasteiger charge is 2.51. The van der Waals surface area contributed by atoms with Crippen molar-refractivity contribution in [2.45, 2.75) is 32.0 Å². The van der Waals surface area contributed by atoms with E-state index in [1.807, 2.05) is 0 Å².